The Balaban J connectivity index is 2.64. The van der Waals surface area contributed by atoms with Gasteiger partial charge < -0.3 is 14.2 Å². The molecule has 1 aromatic heterocycles. The second-order valence-corrected chi connectivity index (χ2v) is 7.34. The summed E-state index contributed by atoms with van der Waals surface area (Å²) in [6, 6.07) is 4.41. The van der Waals surface area contributed by atoms with Crippen molar-refractivity contribution in [3.63, 3.8) is 0 Å². The Hall–Kier alpha value is -3.78. The van der Waals surface area contributed by atoms with Crippen LogP contribution in [0.1, 0.15) is 27.6 Å². The van der Waals surface area contributed by atoms with Crippen LogP contribution in [0.3, 0.4) is 0 Å². The maximum absolute atomic E-state index is 13.1. The van der Waals surface area contributed by atoms with Crippen molar-refractivity contribution < 1.29 is 37.0 Å². The van der Waals surface area contributed by atoms with E-state index in [4.69, 9.17) is 14.6 Å². The molecule has 0 spiro atoms. The highest BCUT2D eigenvalue weighted by molar-refractivity contribution is 7.89. The molecule has 1 aromatic carbocycles. The van der Waals surface area contributed by atoms with Crippen LogP contribution in [0.15, 0.2) is 29.2 Å². The molecular formula is C17H19N5O8S. The normalized spacial score (nSPS) is 10.7. The maximum Gasteiger partial charge on any atom is 0.339 e. The molecule has 166 valence electrons. The Bertz CT molecular complexity index is 1110. The average Bonchev–Trinajstić information content (AvgIpc) is 2.74. The van der Waals surface area contributed by atoms with Gasteiger partial charge in [-0.2, -0.15) is 15.0 Å². The number of nitrogens with one attached hydrogen (secondary N) is 1. The number of hydrogen-bond acceptors (Lipinski definition) is 10. The lowest BCUT2D eigenvalue weighted by Crippen LogP contribution is -2.46. The van der Waals surface area contributed by atoms with E-state index in [-0.39, 0.29) is 28.8 Å². The molecule has 0 atom stereocenters. The largest absolute Gasteiger partial charge is 0.481 e. The summed E-state index contributed by atoms with van der Waals surface area (Å²) in [7, 11) is -0.715. The molecule has 0 saturated heterocycles. The smallest absolute Gasteiger partial charge is 0.339 e. The number of carbonyl (C=O) groups is 3. The third-order valence-corrected chi connectivity index (χ3v) is 4.65. The molecule has 31 heavy (non-hydrogen) atoms. The highest BCUT2D eigenvalue weighted by atomic mass is 32.2. The SMILES string of the molecule is COC(=O)c1ccc(C(=O)N(NC(C)=O)c2nc(OC)cc(OC)n2)cc1S(N)(=O)=O. The predicted octanol–water partition coefficient (Wildman–Crippen LogP) is -0.374. The van der Waals surface area contributed by atoms with Gasteiger partial charge in [0.15, 0.2) is 0 Å². The molecule has 13 nitrogen and oxygen atoms in total. The van der Waals surface area contributed by atoms with Crippen molar-refractivity contribution in [2.24, 2.45) is 5.14 Å². The number of primary sulfonamides is 1. The molecule has 0 saturated carbocycles. The van der Waals surface area contributed by atoms with Crippen molar-refractivity contribution in [1.82, 2.24) is 15.4 Å². The van der Waals surface area contributed by atoms with Gasteiger partial charge in [-0.25, -0.2) is 18.4 Å². The quantitative estimate of drug-likeness (QED) is 0.432. The van der Waals surface area contributed by atoms with Crippen molar-refractivity contribution in [2.75, 3.05) is 26.3 Å². The minimum absolute atomic E-state index is 0.0243. The molecule has 2 aromatic rings. The molecule has 0 radical (unpaired) electrons. The standard InChI is InChI=1S/C17H19N5O8S/c1-9(23)21-22(17-19-13(28-2)8-14(20-17)29-3)15(24)10-5-6-11(16(25)30-4)12(7-10)31(18,26)27/h5-8H,1-4H3,(H,21,23)(H2,18,26,27). The van der Waals surface area contributed by atoms with Crippen LogP contribution in [0.25, 0.3) is 0 Å². The van der Waals surface area contributed by atoms with E-state index in [2.05, 4.69) is 20.1 Å². The Morgan fingerprint density at radius 3 is 2.06 bits per heavy atom. The minimum Gasteiger partial charge on any atom is -0.481 e. The minimum atomic E-state index is -4.41. The molecule has 0 aliphatic carbocycles. The lowest BCUT2D eigenvalue weighted by Gasteiger charge is -2.21. The molecular weight excluding hydrogens is 434 g/mol. The summed E-state index contributed by atoms with van der Waals surface area (Å²) in [5, 5.41) is 5.84. The summed E-state index contributed by atoms with van der Waals surface area (Å²) in [5.74, 6) is -2.84. The number of nitrogens with two attached hydrogens (primary N) is 1. The van der Waals surface area contributed by atoms with Crippen LogP contribution in [-0.4, -0.2) is 57.5 Å². The summed E-state index contributed by atoms with van der Waals surface area (Å²) >= 11 is 0. The van der Waals surface area contributed by atoms with Gasteiger partial charge in [-0.15, -0.1) is 0 Å². The van der Waals surface area contributed by atoms with E-state index in [1.807, 2.05) is 0 Å². The topological polar surface area (TPSA) is 180 Å². The van der Waals surface area contributed by atoms with Crippen LogP contribution in [0.4, 0.5) is 5.95 Å². The van der Waals surface area contributed by atoms with Gasteiger partial charge in [0.05, 0.1) is 37.9 Å². The summed E-state index contributed by atoms with van der Waals surface area (Å²) in [4.78, 5) is 44.0. The van der Waals surface area contributed by atoms with Crippen molar-refractivity contribution in [1.29, 1.82) is 0 Å². The summed E-state index contributed by atoms with van der Waals surface area (Å²) < 4.78 is 38.5. The number of sulfonamides is 1. The zero-order chi connectivity index (χ0) is 23.3. The maximum atomic E-state index is 13.1. The van der Waals surface area contributed by atoms with Crippen LogP contribution in [0.2, 0.25) is 0 Å². The van der Waals surface area contributed by atoms with Gasteiger partial charge >= 0.3 is 5.97 Å². The third kappa shape index (κ3) is 5.43. The van der Waals surface area contributed by atoms with E-state index in [0.717, 1.165) is 32.2 Å². The number of hydrogen-bond donors (Lipinski definition) is 2. The Morgan fingerprint density at radius 2 is 1.61 bits per heavy atom. The average molecular weight is 453 g/mol. The van der Waals surface area contributed by atoms with Gasteiger partial charge in [-0.05, 0) is 18.2 Å². The Labute approximate surface area is 177 Å². The van der Waals surface area contributed by atoms with Gasteiger partial charge in [0, 0.05) is 12.5 Å². The molecule has 2 rings (SSSR count). The zero-order valence-corrected chi connectivity index (χ0v) is 17.7. The number of benzene rings is 1. The van der Waals surface area contributed by atoms with Crippen LogP contribution in [0, 0.1) is 0 Å². The van der Waals surface area contributed by atoms with Gasteiger partial charge in [-0.1, -0.05) is 0 Å². The molecule has 1 heterocycles. The number of aromatic nitrogens is 2. The summed E-state index contributed by atoms with van der Waals surface area (Å²) in [5.41, 5.74) is 1.62. The summed E-state index contributed by atoms with van der Waals surface area (Å²) in [6.45, 7) is 1.13. The first-order chi connectivity index (χ1) is 14.5. The molecule has 2 amide bonds. The molecule has 0 bridgehead atoms. The second kappa shape index (κ2) is 9.36. The van der Waals surface area contributed by atoms with Crippen molar-refractivity contribution in [2.45, 2.75) is 11.8 Å². The van der Waals surface area contributed by atoms with Gasteiger partial charge in [-0.3, -0.25) is 15.0 Å². The molecule has 0 aliphatic heterocycles. The number of ether oxygens (including phenoxy) is 3. The third-order valence-electron chi connectivity index (χ3n) is 3.70. The number of nitrogens with zero attached hydrogens (tertiary/aromatic N) is 3. The number of rotatable bonds is 6. The number of carbonyl (C=O) groups excluding carboxylic acids is 3. The van der Waals surface area contributed by atoms with Gasteiger partial charge in [0.2, 0.25) is 27.7 Å². The zero-order valence-electron chi connectivity index (χ0n) is 16.9. The van der Waals surface area contributed by atoms with Crippen LogP contribution < -0.4 is 25.0 Å². The molecule has 14 heteroatoms. The highest BCUT2D eigenvalue weighted by Gasteiger charge is 2.27. The van der Waals surface area contributed by atoms with Crippen LogP contribution in [-0.2, 0) is 19.6 Å². The van der Waals surface area contributed by atoms with Crippen molar-refractivity contribution in [3.8, 4) is 11.8 Å². The number of esters is 1. The van der Waals surface area contributed by atoms with Crippen molar-refractivity contribution >= 4 is 33.8 Å². The fraction of sp³-hybridized carbons (Fsp3) is 0.235. The molecule has 0 aliphatic rings. The fourth-order valence-corrected chi connectivity index (χ4v) is 3.10. The molecule has 0 fully saturated rings. The van der Waals surface area contributed by atoms with E-state index in [0.29, 0.717) is 5.01 Å². The van der Waals surface area contributed by atoms with E-state index < -0.39 is 32.7 Å². The predicted molar refractivity (Wildman–Crippen MR) is 105 cm³/mol. The van der Waals surface area contributed by atoms with E-state index >= 15 is 0 Å². The van der Waals surface area contributed by atoms with E-state index in [1.165, 1.54) is 20.3 Å². The Kier molecular flexibility index (Phi) is 7.09. The lowest BCUT2D eigenvalue weighted by molar-refractivity contribution is -0.119. The summed E-state index contributed by atoms with van der Waals surface area (Å²) in [6.07, 6.45) is 0. The molecule has 3 N–H and O–H groups in total. The number of methoxy groups -OCH3 is 3. The molecule has 0 unspecified atom stereocenters. The van der Waals surface area contributed by atoms with Crippen LogP contribution >= 0.6 is 0 Å². The number of anilines is 1. The first kappa shape index (κ1) is 23.5. The first-order valence-corrected chi connectivity index (χ1v) is 9.90. The first-order valence-electron chi connectivity index (χ1n) is 8.35. The van der Waals surface area contributed by atoms with Gasteiger partial charge in [0.1, 0.15) is 0 Å². The van der Waals surface area contributed by atoms with E-state index in [9.17, 15) is 22.8 Å². The fourth-order valence-electron chi connectivity index (χ4n) is 2.35. The monoisotopic (exact) mass is 453 g/mol. The number of hydrazine groups is 1. The van der Waals surface area contributed by atoms with E-state index in [1.54, 1.807) is 0 Å². The van der Waals surface area contributed by atoms with Crippen LogP contribution in [0.5, 0.6) is 11.8 Å². The Morgan fingerprint density at radius 1 is 1.03 bits per heavy atom. The van der Waals surface area contributed by atoms with Crippen molar-refractivity contribution in [3.05, 3.63) is 35.4 Å². The van der Waals surface area contributed by atoms with Gasteiger partial charge in [0.25, 0.3) is 11.9 Å². The second-order valence-electron chi connectivity index (χ2n) is 5.81. The lowest BCUT2D eigenvalue weighted by atomic mass is 10.1. The number of amides is 2. The highest BCUT2D eigenvalue weighted by Crippen LogP contribution is 2.23.